The van der Waals surface area contributed by atoms with E-state index in [0.29, 0.717) is 13.0 Å². The number of rotatable bonds is 4. The van der Waals surface area contributed by atoms with E-state index in [9.17, 15) is 4.79 Å². The Hall–Kier alpha value is -2.07. The summed E-state index contributed by atoms with van der Waals surface area (Å²) in [5.74, 6) is 0.847. The van der Waals surface area contributed by atoms with Crippen LogP contribution in [-0.4, -0.2) is 24.1 Å². The molecule has 1 aliphatic rings. The molecule has 0 saturated carbocycles. The zero-order valence-electron chi connectivity index (χ0n) is 13.9. The molecule has 4 heteroatoms. The first-order chi connectivity index (χ1) is 10.7. The van der Waals surface area contributed by atoms with E-state index in [1.165, 1.54) is 0 Å². The maximum absolute atomic E-state index is 11.8. The lowest BCUT2D eigenvalue weighted by Gasteiger charge is -2.23. The number of hydrogen-bond donors (Lipinski definition) is 1. The molecule has 0 aromatic heterocycles. The summed E-state index contributed by atoms with van der Waals surface area (Å²) in [6.07, 6.45) is 4.51. The first-order valence-electron chi connectivity index (χ1n) is 7.77. The summed E-state index contributed by atoms with van der Waals surface area (Å²) in [5.41, 5.74) is 8.56. The number of carbonyl (C=O) groups is 1. The van der Waals surface area contributed by atoms with Crippen LogP contribution in [0.4, 0.5) is 0 Å². The van der Waals surface area contributed by atoms with Crippen LogP contribution in [0.15, 0.2) is 42.2 Å². The monoisotopic (exact) mass is 302 g/mol. The van der Waals surface area contributed by atoms with E-state index in [0.717, 1.165) is 22.6 Å². The van der Waals surface area contributed by atoms with E-state index in [1.807, 2.05) is 51.1 Å². The van der Waals surface area contributed by atoms with E-state index in [1.54, 1.807) is 11.8 Å². The maximum atomic E-state index is 11.8. The van der Waals surface area contributed by atoms with E-state index < -0.39 is 0 Å². The first-order valence-corrected chi connectivity index (χ1v) is 7.77. The van der Waals surface area contributed by atoms with Crippen molar-refractivity contribution in [1.29, 1.82) is 0 Å². The molecule has 0 bridgehead atoms. The highest BCUT2D eigenvalue weighted by Crippen LogP contribution is 2.28. The van der Waals surface area contributed by atoms with Crippen molar-refractivity contribution in [2.24, 2.45) is 5.73 Å². The van der Waals surface area contributed by atoms with Gasteiger partial charge in [0.2, 0.25) is 5.91 Å². The van der Waals surface area contributed by atoms with Crippen LogP contribution < -0.4 is 5.73 Å². The molecule has 0 heterocycles. The first kappa shape index (κ1) is 18.0. The van der Waals surface area contributed by atoms with Gasteiger partial charge in [-0.05, 0) is 24.6 Å². The lowest BCUT2D eigenvalue weighted by Crippen LogP contribution is -2.27. The van der Waals surface area contributed by atoms with Gasteiger partial charge in [-0.25, -0.2) is 0 Å². The standard InChI is InChI=1S/C16H20N2O2.C2H6/c1-3-18(12(2)19)16-9-8-14(20-11-17)10-13-6-4-5-7-15(13)16;1-2/h4-9H,3,10-11,17H2,1-2H3;1-2H3. The highest BCUT2D eigenvalue weighted by molar-refractivity contribution is 5.86. The van der Waals surface area contributed by atoms with Crippen LogP contribution in [0.2, 0.25) is 0 Å². The number of nitrogens with zero attached hydrogens (tertiary/aromatic N) is 1. The second-order valence-electron chi connectivity index (χ2n) is 4.59. The van der Waals surface area contributed by atoms with Crippen molar-refractivity contribution in [3.8, 4) is 0 Å². The Morgan fingerprint density at radius 2 is 1.95 bits per heavy atom. The van der Waals surface area contributed by atoms with Crippen molar-refractivity contribution in [3.05, 3.63) is 53.3 Å². The fourth-order valence-electron chi connectivity index (χ4n) is 2.44. The minimum Gasteiger partial charge on any atom is -0.483 e. The summed E-state index contributed by atoms with van der Waals surface area (Å²) >= 11 is 0. The van der Waals surface area contributed by atoms with Crippen LogP contribution in [0.1, 0.15) is 38.8 Å². The highest BCUT2D eigenvalue weighted by atomic mass is 16.5. The molecule has 1 amide bonds. The Kier molecular flexibility index (Phi) is 7.40. The Morgan fingerprint density at radius 3 is 2.55 bits per heavy atom. The van der Waals surface area contributed by atoms with Gasteiger partial charge in [0.15, 0.2) is 0 Å². The van der Waals surface area contributed by atoms with Crippen LogP contribution in [0.25, 0.3) is 5.70 Å². The summed E-state index contributed by atoms with van der Waals surface area (Å²) in [5, 5.41) is 0. The van der Waals surface area contributed by atoms with Gasteiger partial charge in [-0.2, -0.15) is 0 Å². The Morgan fingerprint density at radius 1 is 1.27 bits per heavy atom. The number of hydrogen-bond acceptors (Lipinski definition) is 3. The Labute approximate surface area is 133 Å². The number of ether oxygens (including phenoxy) is 1. The van der Waals surface area contributed by atoms with Crippen LogP contribution in [0.5, 0.6) is 0 Å². The summed E-state index contributed by atoms with van der Waals surface area (Å²) in [6.45, 7) is 8.34. The van der Waals surface area contributed by atoms with Gasteiger partial charge in [0.1, 0.15) is 12.5 Å². The quantitative estimate of drug-likeness (QED) is 0.868. The van der Waals surface area contributed by atoms with Gasteiger partial charge in [0, 0.05) is 25.5 Å². The predicted octanol–water partition coefficient (Wildman–Crippen LogP) is 3.29. The van der Waals surface area contributed by atoms with E-state index in [4.69, 9.17) is 10.5 Å². The van der Waals surface area contributed by atoms with Crippen molar-refractivity contribution in [3.63, 3.8) is 0 Å². The third kappa shape index (κ3) is 4.21. The van der Waals surface area contributed by atoms with E-state index >= 15 is 0 Å². The molecular weight excluding hydrogens is 276 g/mol. The minimum atomic E-state index is 0.0325. The Bertz CT molecular complexity index is 562. The molecule has 1 aromatic rings. The minimum absolute atomic E-state index is 0.0325. The number of fused-ring (bicyclic) bond motifs is 1. The molecule has 1 aromatic carbocycles. The van der Waals surface area contributed by atoms with Gasteiger partial charge < -0.3 is 9.64 Å². The molecule has 2 rings (SSSR count). The predicted molar refractivity (Wildman–Crippen MR) is 90.8 cm³/mol. The van der Waals surface area contributed by atoms with Gasteiger partial charge in [0.25, 0.3) is 0 Å². The Balaban J connectivity index is 0.00000116. The lowest BCUT2D eigenvalue weighted by atomic mass is 10.0. The van der Waals surface area contributed by atoms with E-state index in [-0.39, 0.29) is 12.6 Å². The summed E-state index contributed by atoms with van der Waals surface area (Å²) in [7, 11) is 0. The molecule has 0 fully saturated rings. The number of benzene rings is 1. The summed E-state index contributed by atoms with van der Waals surface area (Å²) < 4.78 is 5.43. The van der Waals surface area contributed by atoms with Crippen molar-refractivity contribution in [2.75, 3.05) is 13.3 Å². The molecule has 1 aliphatic carbocycles. The van der Waals surface area contributed by atoms with Gasteiger partial charge in [-0.1, -0.05) is 38.1 Å². The third-order valence-corrected chi connectivity index (χ3v) is 3.34. The smallest absolute Gasteiger partial charge is 0.223 e. The molecule has 0 saturated heterocycles. The molecular formula is C18H26N2O2. The topological polar surface area (TPSA) is 55.6 Å². The number of carbonyl (C=O) groups excluding carboxylic acids is 1. The number of amides is 1. The van der Waals surface area contributed by atoms with Crippen molar-refractivity contribution >= 4 is 11.6 Å². The number of nitrogens with two attached hydrogens (primary N) is 1. The van der Waals surface area contributed by atoms with Crippen molar-refractivity contribution in [2.45, 2.75) is 34.1 Å². The molecule has 22 heavy (non-hydrogen) atoms. The van der Waals surface area contributed by atoms with Crippen LogP contribution in [0.3, 0.4) is 0 Å². The normalized spacial score (nSPS) is 12.8. The second kappa shape index (κ2) is 9.05. The van der Waals surface area contributed by atoms with Gasteiger partial charge >= 0.3 is 0 Å². The average Bonchev–Trinajstić information content (AvgIpc) is 2.70. The van der Waals surface area contributed by atoms with Crippen LogP contribution in [-0.2, 0) is 16.0 Å². The fourth-order valence-corrected chi connectivity index (χ4v) is 2.44. The van der Waals surface area contributed by atoms with Gasteiger partial charge in [-0.15, -0.1) is 0 Å². The van der Waals surface area contributed by atoms with Crippen LogP contribution in [0, 0.1) is 0 Å². The van der Waals surface area contributed by atoms with E-state index in [2.05, 4.69) is 6.07 Å². The van der Waals surface area contributed by atoms with Crippen molar-refractivity contribution in [1.82, 2.24) is 4.90 Å². The zero-order valence-corrected chi connectivity index (χ0v) is 13.9. The van der Waals surface area contributed by atoms with Crippen LogP contribution >= 0.6 is 0 Å². The molecule has 4 nitrogen and oxygen atoms in total. The second-order valence-corrected chi connectivity index (χ2v) is 4.59. The summed E-state index contributed by atoms with van der Waals surface area (Å²) in [4.78, 5) is 13.6. The third-order valence-electron chi connectivity index (χ3n) is 3.34. The van der Waals surface area contributed by atoms with Gasteiger partial charge in [0.05, 0.1) is 5.70 Å². The molecule has 0 spiro atoms. The lowest BCUT2D eigenvalue weighted by molar-refractivity contribution is -0.125. The molecule has 0 atom stereocenters. The zero-order chi connectivity index (χ0) is 16.5. The molecule has 0 unspecified atom stereocenters. The molecule has 0 radical (unpaired) electrons. The summed E-state index contributed by atoms with van der Waals surface area (Å²) in [6, 6.07) is 8.06. The van der Waals surface area contributed by atoms with Crippen molar-refractivity contribution < 1.29 is 9.53 Å². The van der Waals surface area contributed by atoms with Gasteiger partial charge in [-0.3, -0.25) is 10.5 Å². The fraction of sp³-hybridized carbons (Fsp3) is 0.389. The largest absolute Gasteiger partial charge is 0.483 e. The molecule has 0 aliphatic heterocycles. The molecule has 120 valence electrons. The average molecular weight is 302 g/mol. The maximum Gasteiger partial charge on any atom is 0.223 e. The molecule has 2 N–H and O–H groups in total. The number of allylic oxidation sites excluding steroid dienone is 3. The highest BCUT2D eigenvalue weighted by Gasteiger charge is 2.19. The SMILES string of the molecule is CC.CCN(C(C)=O)C1=CC=C(OCN)Cc2ccccc21.